The van der Waals surface area contributed by atoms with E-state index >= 15 is 0 Å². The molecule has 0 aliphatic heterocycles. The molecule has 94 valence electrons. The topological polar surface area (TPSA) is 67.5 Å². The summed E-state index contributed by atoms with van der Waals surface area (Å²) in [7, 11) is 0. The zero-order valence-electron chi connectivity index (χ0n) is 10.3. The van der Waals surface area contributed by atoms with Crippen molar-refractivity contribution in [1.29, 1.82) is 0 Å². The van der Waals surface area contributed by atoms with Crippen LogP contribution < -0.4 is 5.43 Å². The number of carbonyl (C=O) groups is 1. The van der Waals surface area contributed by atoms with E-state index in [0.717, 1.165) is 11.1 Å². The number of carboxylic acid groups (broad SMARTS) is 1. The lowest BCUT2D eigenvalue weighted by Gasteiger charge is -2.04. The molecule has 0 fully saturated rings. The Morgan fingerprint density at radius 2 is 2.06 bits per heavy atom. The molecule has 1 N–H and O–H groups in total. The molecular formula is C14H14O4. The molecule has 0 aliphatic carbocycles. The third-order valence-electron chi connectivity index (χ3n) is 2.88. The second-order valence-corrected chi connectivity index (χ2v) is 4.44. The fourth-order valence-corrected chi connectivity index (χ4v) is 2.05. The maximum Gasteiger partial charge on any atom is 0.303 e. The summed E-state index contributed by atoms with van der Waals surface area (Å²) in [5.74, 6) is -0.921. The molecule has 0 amide bonds. The molecule has 2 aromatic rings. The smallest absolute Gasteiger partial charge is 0.303 e. The number of hydrogen-bond acceptors (Lipinski definition) is 3. The number of aryl methyl sites for hydroxylation is 3. The molecule has 0 unspecified atom stereocenters. The van der Waals surface area contributed by atoms with Crippen LogP contribution >= 0.6 is 0 Å². The van der Waals surface area contributed by atoms with Gasteiger partial charge in [-0.1, -0.05) is 6.07 Å². The van der Waals surface area contributed by atoms with Gasteiger partial charge in [0, 0.05) is 12.0 Å². The summed E-state index contributed by atoms with van der Waals surface area (Å²) < 4.78 is 5.45. The highest BCUT2D eigenvalue weighted by Gasteiger charge is 2.10. The zero-order chi connectivity index (χ0) is 13.3. The first-order valence-electron chi connectivity index (χ1n) is 5.72. The van der Waals surface area contributed by atoms with Crippen LogP contribution in [0.5, 0.6) is 0 Å². The largest absolute Gasteiger partial charge is 0.481 e. The summed E-state index contributed by atoms with van der Waals surface area (Å²) in [6.07, 6.45) is 1.50. The van der Waals surface area contributed by atoms with E-state index in [1.807, 2.05) is 19.9 Å². The Hall–Kier alpha value is -2.10. The van der Waals surface area contributed by atoms with Crippen molar-refractivity contribution in [1.82, 2.24) is 0 Å². The summed E-state index contributed by atoms with van der Waals surface area (Å²) in [6.45, 7) is 3.80. The molecule has 18 heavy (non-hydrogen) atoms. The SMILES string of the molecule is Cc1cc(C)c2occ(CCC(=O)O)c(=O)c2c1. The van der Waals surface area contributed by atoms with Crippen LogP contribution in [0.4, 0.5) is 0 Å². The molecule has 4 nitrogen and oxygen atoms in total. The van der Waals surface area contributed by atoms with Gasteiger partial charge in [-0.25, -0.2) is 0 Å². The highest BCUT2D eigenvalue weighted by Crippen LogP contribution is 2.18. The van der Waals surface area contributed by atoms with Crippen LogP contribution in [0.25, 0.3) is 11.0 Å². The van der Waals surface area contributed by atoms with Gasteiger partial charge in [0.1, 0.15) is 5.58 Å². The first-order valence-corrected chi connectivity index (χ1v) is 5.72. The molecule has 0 aliphatic rings. The predicted molar refractivity (Wildman–Crippen MR) is 67.9 cm³/mol. The molecule has 1 aromatic carbocycles. The van der Waals surface area contributed by atoms with Crippen molar-refractivity contribution >= 4 is 16.9 Å². The van der Waals surface area contributed by atoms with Gasteiger partial charge >= 0.3 is 5.97 Å². The maximum atomic E-state index is 12.2. The predicted octanol–water partition coefficient (Wildman–Crippen LogP) is 2.43. The lowest BCUT2D eigenvalue weighted by Crippen LogP contribution is -2.11. The van der Waals surface area contributed by atoms with E-state index in [0.29, 0.717) is 16.5 Å². The Labute approximate surface area is 104 Å². The first-order chi connectivity index (χ1) is 8.49. The third kappa shape index (κ3) is 2.27. The van der Waals surface area contributed by atoms with Gasteiger partial charge in [-0.2, -0.15) is 0 Å². The van der Waals surface area contributed by atoms with Crippen LogP contribution in [0, 0.1) is 13.8 Å². The molecule has 0 saturated carbocycles. The van der Waals surface area contributed by atoms with Gasteiger partial charge in [-0.15, -0.1) is 0 Å². The van der Waals surface area contributed by atoms with Crippen molar-refractivity contribution in [3.8, 4) is 0 Å². The van der Waals surface area contributed by atoms with Crippen LogP contribution in [0.3, 0.4) is 0 Å². The zero-order valence-corrected chi connectivity index (χ0v) is 10.3. The van der Waals surface area contributed by atoms with Crippen LogP contribution in [-0.4, -0.2) is 11.1 Å². The van der Waals surface area contributed by atoms with Crippen molar-refractivity contribution in [2.24, 2.45) is 0 Å². The van der Waals surface area contributed by atoms with E-state index in [4.69, 9.17) is 9.52 Å². The van der Waals surface area contributed by atoms with E-state index < -0.39 is 5.97 Å². The van der Waals surface area contributed by atoms with E-state index in [1.165, 1.54) is 6.26 Å². The van der Waals surface area contributed by atoms with Crippen molar-refractivity contribution in [3.63, 3.8) is 0 Å². The van der Waals surface area contributed by atoms with Crippen LogP contribution in [0.1, 0.15) is 23.1 Å². The van der Waals surface area contributed by atoms with Crippen LogP contribution in [0.2, 0.25) is 0 Å². The Balaban J connectivity index is 2.57. The van der Waals surface area contributed by atoms with Gasteiger partial charge in [0.05, 0.1) is 11.6 Å². The molecule has 1 aromatic heterocycles. The van der Waals surface area contributed by atoms with Crippen LogP contribution in [0.15, 0.2) is 27.6 Å². The lowest BCUT2D eigenvalue weighted by molar-refractivity contribution is -0.136. The number of benzene rings is 1. The number of hydrogen-bond donors (Lipinski definition) is 1. The van der Waals surface area contributed by atoms with Gasteiger partial charge in [-0.3, -0.25) is 9.59 Å². The molecule has 0 radical (unpaired) electrons. The number of aliphatic carboxylic acids is 1. The Kier molecular flexibility index (Phi) is 3.19. The summed E-state index contributed by atoms with van der Waals surface area (Å²) in [4.78, 5) is 22.7. The third-order valence-corrected chi connectivity index (χ3v) is 2.88. The van der Waals surface area contributed by atoms with Gasteiger partial charge in [0.2, 0.25) is 0 Å². The molecule has 1 heterocycles. The second kappa shape index (κ2) is 4.64. The van der Waals surface area contributed by atoms with Crippen molar-refractivity contribution in [2.45, 2.75) is 26.7 Å². The standard InChI is InChI=1S/C14H14O4/c1-8-5-9(2)14-11(6-8)13(17)10(7-18-14)3-4-12(15)16/h5-7H,3-4H2,1-2H3,(H,15,16). The minimum Gasteiger partial charge on any atom is -0.481 e. The molecule has 0 spiro atoms. The highest BCUT2D eigenvalue weighted by molar-refractivity contribution is 5.81. The monoisotopic (exact) mass is 246 g/mol. The first kappa shape index (κ1) is 12.4. The van der Waals surface area contributed by atoms with E-state index in [9.17, 15) is 9.59 Å². The molecule has 4 heteroatoms. The van der Waals surface area contributed by atoms with E-state index in [2.05, 4.69) is 0 Å². The van der Waals surface area contributed by atoms with Crippen molar-refractivity contribution < 1.29 is 14.3 Å². The van der Waals surface area contributed by atoms with E-state index in [1.54, 1.807) is 6.07 Å². The fraction of sp³-hybridized carbons (Fsp3) is 0.286. The average Bonchev–Trinajstić information content (AvgIpc) is 2.29. The Bertz CT molecular complexity index is 667. The van der Waals surface area contributed by atoms with Crippen molar-refractivity contribution in [2.75, 3.05) is 0 Å². The quantitative estimate of drug-likeness (QED) is 0.903. The molecular weight excluding hydrogens is 232 g/mol. The van der Waals surface area contributed by atoms with Gasteiger partial charge < -0.3 is 9.52 Å². The number of rotatable bonds is 3. The van der Waals surface area contributed by atoms with Gasteiger partial charge in [-0.05, 0) is 37.5 Å². The second-order valence-electron chi connectivity index (χ2n) is 4.44. The van der Waals surface area contributed by atoms with E-state index in [-0.39, 0.29) is 18.3 Å². The van der Waals surface area contributed by atoms with Gasteiger partial charge in [0.15, 0.2) is 5.43 Å². The molecule has 0 saturated heterocycles. The summed E-state index contributed by atoms with van der Waals surface area (Å²) >= 11 is 0. The average molecular weight is 246 g/mol. The van der Waals surface area contributed by atoms with Crippen molar-refractivity contribution in [3.05, 3.63) is 45.3 Å². The Morgan fingerprint density at radius 1 is 1.33 bits per heavy atom. The molecule has 0 atom stereocenters. The summed E-state index contributed by atoms with van der Waals surface area (Å²) in [5, 5.41) is 9.16. The highest BCUT2D eigenvalue weighted by atomic mass is 16.4. The summed E-state index contributed by atoms with van der Waals surface area (Å²) in [6, 6.07) is 3.72. The van der Waals surface area contributed by atoms with Crippen LogP contribution in [-0.2, 0) is 11.2 Å². The minimum absolute atomic E-state index is 0.0684. The minimum atomic E-state index is -0.921. The normalized spacial score (nSPS) is 10.8. The fourth-order valence-electron chi connectivity index (χ4n) is 2.05. The number of carboxylic acids is 1. The maximum absolute atomic E-state index is 12.2. The number of fused-ring (bicyclic) bond motifs is 1. The lowest BCUT2D eigenvalue weighted by atomic mass is 10.0. The molecule has 2 rings (SSSR count). The Morgan fingerprint density at radius 3 is 2.72 bits per heavy atom. The summed E-state index contributed by atoms with van der Waals surface area (Å²) in [5.41, 5.74) is 2.75. The van der Waals surface area contributed by atoms with Gasteiger partial charge in [0.25, 0.3) is 0 Å². The molecule has 0 bridgehead atoms.